The van der Waals surface area contributed by atoms with Crippen molar-refractivity contribution in [2.24, 2.45) is 0 Å². The summed E-state index contributed by atoms with van der Waals surface area (Å²) in [6, 6.07) is 0. The van der Waals surface area contributed by atoms with Gasteiger partial charge in [-0.2, -0.15) is 0 Å². The number of carbonyl (C=O) groups is 2. The predicted octanol–water partition coefficient (Wildman–Crippen LogP) is -0.285. The van der Waals surface area contributed by atoms with Crippen LogP contribution in [0.25, 0.3) is 0 Å². The molecule has 0 aromatic heterocycles. The Morgan fingerprint density at radius 2 is 2.00 bits per heavy atom. The summed E-state index contributed by atoms with van der Waals surface area (Å²) in [6.07, 6.45) is -0.438. The first kappa shape index (κ1) is 11.3. The van der Waals surface area contributed by atoms with Gasteiger partial charge in [0.25, 0.3) is 10.9 Å². The van der Waals surface area contributed by atoms with Gasteiger partial charge in [0.05, 0.1) is 6.10 Å². The topological polar surface area (TPSA) is 95.7 Å². The van der Waals surface area contributed by atoms with Gasteiger partial charge in [0.2, 0.25) is 0 Å². The maximum absolute atomic E-state index is 10.7. The molecule has 7 heteroatoms. The van der Waals surface area contributed by atoms with E-state index < -0.39 is 29.6 Å². The first-order valence-electron chi connectivity index (χ1n) is 3.44. The third kappa shape index (κ3) is 5.59. The largest absolute Gasteiger partial charge is 0.457 e. The third-order valence-corrected chi connectivity index (χ3v) is 0.871. The van der Waals surface area contributed by atoms with Crippen molar-refractivity contribution in [3.8, 4) is 0 Å². The molecular weight excluding hydrogens is 182 g/mol. The highest BCUT2D eigenvalue weighted by molar-refractivity contribution is 6.34. The number of carbonyl (C=O) groups excluding carboxylic acids is 2. The minimum Gasteiger partial charge on any atom is -0.457 e. The number of Topliss-reactive ketones (excluding diaryl/α,β-unsaturated/α-hetero) is 1. The quantitative estimate of drug-likeness (QED) is 0.256. The molecule has 0 bridgehead atoms. The van der Waals surface area contributed by atoms with Crippen LogP contribution in [-0.2, 0) is 19.2 Å². The van der Waals surface area contributed by atoms with Crippen LogP contribution in [0.5, 0.6) is 0 Å². The molecule has 0 aliphatic heterocycles. The number of esters is 1. The molecule has 0 saturated heterocycles. The lowest BCUT2D eigenvalue weighted by molar-refractivity contribution is -0.754. The van der Waals surface area contributed by atoms with Gasteiger partial charge >= 0.3 is 5.97 Å². The number of ketones is 1. The van der Waals surface area contributed by atoms with Gasteiger partial charge in [-0.25, -0.2) is 4.79 Å². The molecule has 0 aliphatic carbocycles. The molecule has 0 heterocycles. The summed E-state index contributed by atoms with van der Waals surface area (Å²) in [5.41, 5.74) is 0. The second-order valence-corrected chi connectivity index (χ2v) is 2.37. The molecule has 0 aliphatic rings. The summed E-state index contributed by atoms with van der Waals surface area (Å²) in [5.74, 6) is -2.21. The van der Waals surface area contributed by atoms with Gasteiger partial charge in [-0.15, -0.1) is 10.1 Å². The Labute approximate surface area is 73.7 Å². The monoisotopic (exact) mass is 191 g/mol. The predicted molar refractivity (Wildman–Crippen MR) is 39.2 cm³/mol. The maximum Gasteiger partial charge on any atom is 0.376 e. The fourth-order valence-corrected chi connectivity index (χ4v) is 0.450. The second kappa shape index (κ2) is 5.07. The highest BCUT2D eigenvalue weighted by Crippen LogP contribution is 1.90. The summed E-state index contributed by atoms with van der Waals surface area (Å²) >= 11 is 0. The van der Waals surface area contributed by atoms with Crippen molar-refractivity contribution in [1.29, 1.82) is 0 Å². The van der Waals surface area contributed by atoms with E-state index in [9.17, 15) is 19.7 Å². The summed E-state index contributed by atoms with van der Waals surface area (Å²) in [4.78, 5) is 34.7. The van der Waals surface area contributed by atoms with Crippen molar-refractivity contribution < 1.29 is 24.3 Å². The first-order chi connectivity index (χ1) is 5.93. The van der Waals surface area contributed by atoms with E-state index in [1.165, 1.54) is 0 Å². The standard InChI is InChI=1S/C6H9NO6/c1-4(2)13-6(9)5(8)3-12-7(10)11/h4H,3H2,1-2H3. The average Bonchev–Trinajstić information content (AvgIpc) is 1.98. The molecule has 0 fully saturated rings. The SMILES string of the molecule is CC(C)OC(=O)C(=O)CO[N+](=O)[O-]. The fraction of sp³-hybridized carbons (Fsp3) is 0.667. The van der Waals surface area contributed by atoms with Crippen LogP contribution in [0.15, 0.2) is 0 Å². The Kier molecular flexibility index (Phi) is 4.42. The molecule has 0 aromatic rings. The smallest absolute Gasteiger partial charge is 0.376 e. The minimum absolute atomic E-state index is 0.438. The number of ether oxygens (including phenoxy) is 1. The lowest BCUT2D eigenvalue weighted by atomic mass is 10.4. The summed E-state index contributed by atoms with van der Waals surface area (Å²) < 4.78 is 4.45. The van der Waals surface area contributed by atoms with E-state index in [-0.39, 0.29) is 0 Å². The van der Waals surface area contributed by atoms with Crippen molar-refractivity contribution in [3.63, 3.8) is 0 Å². The molecule has 0 spiro atoms. The van der Waals surface area contributed by atoms with Crippen molar-refractivity contribution in [2.75, 3.05) is 6.61 Å². The van der Waals surface area contributed by atoms with Crippen LogP contribution in [0.3, 0.4) is 0 Å². The molecule has 0 saturated carbocycles. The number of nitrogens with zero attached hydrogens (tertiary/aromatic N) is 1. The normalized spacial score (nSPS) is 9.46. The van der Waals surface area contributed by atoms with E-state index in [1.807, 2.05) is 0 Å². The molecule has 0 unspecified atom stereocenters. The van der Waals surface area contributed by atoms with Gasteiger partial charge in [0, 0.05) is 0 Å². The summed E-state index contributed by atoms with van der Waals surface area (Å²) in [7, 11) is 0. The van der Waals surface area contributed by atoms with E-state index in [0.717, 1.165) is 0 Å². The Morgan fingerprint density at radius 3 is 2.38 bits per heavy atom. The van der Waals surface area contributed by atoms with Gasteiger partial charge in [0.15, 0.2) is 6.61 Å². The van der Waals surface area contributed by atoms with Crippen molar-refractivity contribution >= 4 is 11.8 Å². The van der Waals surface area contributed by atoms with Gasteiger partial charge < -0.3 is 9.57 Å². The van der Waals surface area contributed by atoms with Crippen LogP contribution in [0, 0.1) is 10.1 Å². The van der Waals surface area contributed by atoms with Gasteiger partial charge in [-0.05, 0) is 13.8 Å². The lowest BCUT2D eigenvalue weighted by Crippen LogP contribution is -2.26. The van der Waals surface area contributed by atoms with E-state index in [2.05, 4.69) is 9.57 Å². The van der Waals surface area contributed by atoms with E-state index in [0.29, 0.717) is 0 Å². The molecular formula is C6H9NO6. The molecule has 13 heavy (non-hydrogen) atoms. The second-order valence-electron chi connectivity index (χ2n) is 2.37. The summed E-state index contributed by atoms with van der Waals surface area (Å²) in [6.45, 7) is 2.21. The van der Waals surface area contributed by atoms with Crippen LogP contribution in [-0.4, -0.2) is 29.6 Å². The van der Waals surface area contributed by atoms with Crippen LogP contribution >= 0.6 is 0 Å². The molecule has 0 N–H and O–H groups in total. The van der Waals surface area contributed by atoms with Gasteiger partial charge in [-0.3, -0.25) is 4.79 Å². The Hall–Kier alpha value is -1.66. The molecule has 74 valence electrons. The van der Waals surface area contributed by atoms with E-state index >= 15 is 0 Å². The zero-order valence-corrected chi connectivity index (χ0v) is 7.18. The minimum atomic E-state index is -1.15. The van der Waals surface area contributed by atoms with Crippen molar-refractivity contribution in [2.45, 2.75) is 20.0 Å². The number of hydrogen-bond donors (Lipinski definition) is 0. The zero-order chi connectivity index (χ0) is 10.4. The van der Waals surface area contributed by atoms with E-state index in [1.54, 1.807) is 13.8 Å². The molecule has 0 aromatic carbocycles. The van der Waals surface area contributed by atoms with Gasteiger partial charge in [-0.1, -0.05) is 0 Å². The Bertz CT molecular complexity index is 223. The number of rotatable bonds is 5. The lowest BCUT2D eigenvalue weighted by Gasteiger charge is -2.05. The van der Waals surface area contributed by atoms with Crippen LogP contribution in [0.4, 0.5) is 0 Å². The molecule has 0 rings (SSSR count). The molecule has 0 atom stereocenters. The third-order valence-electron chi connectivity index (χ3n) is 0.871. The van der Waals surface area contributed by atoms with Crippen molar-refractivity contribution in [1.82, 2.24) is 0 Å². The van der Waals surface area contributed by atoms with Crippen molar-refractivity contribution in [3.05, 3.63) is 10.1 Å². The molecule has 0 radical (unpaired) electrons. The number of hydrogen-bond acceptors (Lipinski definition) is 6. The zero-order valence-electron chi connectivity index (χ0n) is 7.18. The Morgan fingerprint density at radius 1 is 1.46 bits per heavy atom. The average molecular weight is 191 g/mol. The van der Waals surface area contributed by atoms with Gasteiger partial charge in [0.1, 0.15) is 0 Å². The fourth-order valence-electron chi connectivity index (χ4n) is 0.450. The van der Waals surface area contributed by atoms with E-state index in [4.69, 9.17) is 0 Å². The highest BCUT2D eigenvalue weighted by atomic mass is 16.9. The summed E-state index contributed by atoms with van der Waals surface area (Å²) in [5, 5.41) is 8.48. The maximum atomic E-state index is 10.7. The highest BCUT2D eigenvalue weighted by Gasteiger charge is 2.17. The molecule has 0 amide bonds. The van der Waals surface area contributed by atoms with Crippen LogP contribution < -0.4 is 0 Å². The first-order valence-corrected chi connectivity index (χ1v) is 3.44. The van der Waals surface area contributed by atoms with Crippen LogP contribution in [0.2, 0.25) is 0 Å². The molecule has 7 nitrogen and oxygen atoms in total. The van der Waals surface area contributed by atoms with Crippen LogP contribution in [0.1, 0.15) is 13.8 Å². The Balaban J connectivity index is 3.83.